The van der Waals surface area contributed by atoms with Crippen molar-refractivity contribution >= 4 is 28.8 Å². The molecular formula is C29H32F3N7O3. The van der Waals surface area contributed by atoms with Gasteiger partial charge in [0.2, 0.25) is 5.91 Å². The van der Waals surface area contributed by atoms with Crippen molar-refractivity contribution in [3.63, 3.8) is 0 Å². The summed E-state index contributed by atoms with van der Waals surface area (Å²) in [6, 6.07) is 16.7. The van der Waals surface area contributed by atoms with E-state index in [1.165, 1.54) is 19.2 Å². The van der Waals surface area contributed by atoms with Crippen molar-refractivity contribution in [3.05, 3.63) is 83.4 Å². The molecule has 4 aromatic rings. The number of aromatic nitrogens is 2. The van der Waals surface area contributed by atoms with Crippen molar-refractivity contribution in [1.29, 1.82) is 0 Å². The third-order valence-electron chi connectivity index (χ3n) is 5.88. The number of benzene rings is 3. The van der Waals surface area contributed by atoms with Crippen molar-refractivity contribution in [2.45, 2.75) is 32.6 Å². The largest absolute Gasteiger partial charge is 0.497 e. The van der Waals surface area contributed by atoms with Crippen LogP contribution in [0.2, 0.25) is 0 Å². The van der Waals surface area contributed by atoms with Gasteiger partial charge in [-0.2, -0.15) is 13.2 Å². The summed E-state index contributed by atoms with van der Waals surface area (Å²) in [5, 5.41) is 2.63. The molecule has 42 heavy (non-hydrogen) atoms. The van der Waals surface area contributed by atoms with Crippen molar-refractivity contribution in [2.24, 2.45) is 22.2 Å². The van der Waals surface area contributed by atoms with E-state index < -0.39 is 23.6 Å². The first-order valence-corrected chi connectivity index (χ1v) is 12.9. The standard InChI is InChI=1S/C25H21F3N4O3.C4H11N3/c1-35-19-7-3-5-16(11-19)23-31-20-12-17(8-9-21(20)32(23)14-22(29)33)24(34)30-13-15-4-2-6-18(10-15)25(26,27)28;1-2-3-7-4(5)6/h2-12H,13-14H2,1H3,(H2,29,33)(H,30,34);2-3H2,1H3,(H4,5,6,7). The SMILES string of the molecule is CCCN=C(N)N.COc1cccc(-c2nc3cc(C(=O)NCc4cccc(C(F)(F)F)c4)ccc3n2CC(N)=O)c1. The topological polar surface area (TPSA) is 164 Å². The van der Waals surface area contributed by atoms with Crippen LogP contribution in [-0.2, 0) is 24.1 Å². The predicted octanol–water partition coefficient (Wildman–Crippen LogP) is 3.82. The van der Waals surface area contributed by atoms with Gasteiger partial charge in [0, 0.05) is 24.2 Å². The second-order valence-corrected chi connectivity index (χ2v) is 9.11. The van der Waals surface area contributed by atoms with E-state index in [9.17, 15) is 22.8 Å². The van der Waals surface area contributed by atoms with Gasteiger partial charge in [0.25, 0.3) is 5.91 Å². The van der Waals surface area contributed by atoms with Gasteiger partial charge in [-0.05, 0) is 54.4 Å². The molecule has 0 atom stereocenters. The number of fused-ring (bicyclic) bond motifs is 1. The number of imidazole rings is 1. The molecule has 0 aliphatic heterocycles. The molecule has 0 fully saturated rings. The van der Waals surface area contributed by atoms with E-state index in [0.717, 1.165) is 25.1 Å². The zero-order valence-corrected chi connectivity index (χ0v) is 23.1. The van der Waals surface area contributed by atoms with Crippen LogP contribution in [0.15, 0.2) is 71.7 Å². The molecule has 0 aliphatic carbocycles. The van der Waals surface area contributed by atoms with E-state index in [2.05, 4.69) is 15.3 Å². The van der Waals surface area contributed by atoms with Crippen molar-refractivity contribution in [1.82, 2.24) is 14.9 Å². The number of amides is 2. The van der Waals surface area contributed by atoms with Gasteiger partial charge in [-0.15, -0.1) is 0 Å². The van der Waals surface area contributed by atoms with Crippen LogP contribution in [0.5, 0.6) is 5.75 Å². The summed E-state index contributed by atoms with van der Waals surface area (Å²) in [6.45, 7) is 2.56. The Bertz CT molecular complexity index is 1580. The normalized spacial score (nSPS) is 10.9. The highest BCUT2D eigenvalue weighted by atomic mass is 19.4. The lowest BCUT2D eigenvalue weighted by molar-refractivity contribution is -0.137. The zero-order valence-electron chi connectivity index (χ0n) is 23.1. The average Bonchev–Trinajstić information content (AvgIpc) is 3.31. The Kier molecular flexibility index (Phi) is 10.5. The number of methoxy groups -OCH3 is 1. The lowest BCUT2D eigenvalue weighted by Gasteiger charge is -2.10. The smallest absolute Gasteiger partial charge is 0.416 e. The summed E-state index contributed by atoms with van der Waals surface area (Å²) in [7, 11) is 1.54. The van der Waals surface area contributed by atoms with Crippen molar-refractivity contribution in [3.8, 4) is 17.1 Å². The summed E-state index contributed by atoms with van der Waals surface area (Å²) in [4.78, 5) is 32.7. The van der Waals surface area contributed by atoms with Crippen LogP contribution in [0.4, 0.5) is 13.2 Å². The molecule has 2 amide bonds. The predicted molar refractivity (Wildman–Crippen MR) is 154 cm³/mol. The van der Waals surface area contributed by atoms with E-state index in [1.807, 2.05) is 13.0 Å². The minimum atomic E-state index is -4.46. The van der Waals surface area contributed by atoms with E-state index >= 15 is 0 Å². The number of hydrogen-bond acceptors (Lipinski definition) is 5. The van der Waals surface area contributed by atoms with Crippen molar-refractivity contribution in [2.75, 3.05) is 13.7 Å². The average molecular weight is 584 g/mol. The number of alkyl halides is 3. The van der Waals surface area contributed by atoms with Gasteiger partial charge in [0.15, 0.2) is 5.96 Å². The molecule has 1 aromatic heterocycles. The van der Waals surface area contributed by atoms with E-state index in [4.69, 9.17) is 21.9 Å². The zero-order chi connectivity index (χ0) is 30.9. The van der Waals surface area contributed by atoms with Crippen molar-refractivity contribution < 1.29 is 27.5 Å². The van der Waals surface area contributed by atoms with Crippen LogP contribution in [0.1, 0.15) is 34.8 Å². The molecule has 1 heterocycles. The Balaban J connectivity index is 0.000000616. The molecule has 0 radical (unpaired) electrons. The molecule has 7 N–H and O–H groups in total. The lowest BCUT2D eigenvalue weighted by Crippen LogP contribution is -2.23. The highest BCUT2D eigenvalue weighted by Crippen LogP contribution is 2.30. The molecule has 13 heteroatoms. The van der Waals surface area contributed by atoms with Gasteiger partial charge >= 0.3 is 6.18 Å². The minimum Gasteiger partial charge on any atom is -0.497 e. The van der Waals surface area contributed by atoms with Crippen LogP contribution >= 0.6 is 0 Å². The molecule has 4 rings (SSSR count). The molecule has 0 saturated carbocycles. The van der Waals surface area contributed by atoms with Crippen LogP contribution in [0.25, 0.3) is 22.4 Å². The second-order valence-electron chi connectivity index (χ2n) is 9.11. The number of carbonyl (C=O) groups is 2. The maximum Gasteiger partial charge on any atom is 0.416 e. The maximum atomic E-state index is 12.9. The minimum absolute atomic E-state index is 0.0774. The molecule has 3 aromatic carbocycles. The van der Waals surface area contributed by atoms with E-state index in [1.54, 1.807) is 41.0 Å². The second kappa shape index (κ2) is 14.0. The number of nitrogens with zero attached hydrogens (tertiary/aromatic N) is 3. The summed E-state index contributed by atoms with van der Waals surface area (Å²) in [6.07, 6.45) is -3.47. The Labute approximate surface area is 240 Å². The summed E-state index contributed by atoms with van der Waals surface area (Å²) in [5.41, 5.74) is 17.0. The number of hydrogen-bond donors (Lipinski definition) is 4. The number of nitrogens with two attached hydrogens (primary N) is 3. The Morgan fingerprint density at radius 3 is 2.38 bits per heavy atom. The molecule has 10 nitrogen and oxygen atoms in total. The Morgan fingerprint density at radius 1 is 1.02 bits per heavy atom. The molecule has 222 valence electrons. The van der Waals surface area contributed by atoms with Gasteiger partial charge in [0.05, 0.1) is 23.7 Å². The molecule has 0 bridgehead atoms. The number of carbonyl (C=O) groups excluding carboxylic acids is 2. The summed E-state index contributed by atoms with van der Waals surface area (Å²) < 4.78 is 45.7. The van der Waals surface area contributed by atoms with Gasteiger partial charge in [-0.25, -0.2) is 4.98 Å². The third-order valence-corrected chi connectivity index (χ3v) is 5.88. The molecular weight excluding hydrogens is 551 g/mol. The number of aliphatic imine (C=N–C) groups is 1. The first kappa shape index (κ1) is 31.5. The van der Waals surface area contributed by atoms with Crippen LogP contribution in [-0.4, -0.2) is 41.0 Å². The lowest BCUT2D eigenvalue weighted by atomic mass is 10.1. The van der Waals surface area contributed by atoms with E-state index in [0.29, 0.717) is 33.7 Å². The molecule has 0 aliphatic rings. The van der Waals surface area contributed by atoms with Gasteiger partial charge in [-0.1, -0.05) is 31.2 Å². The van der Waals surface area contributed by atoms with E-state index in [-0.39, 0.29) is 24.6 Å². The number of ether oxygens (including phenoxy) is 1. The first-order valence-electron chi connectivity index (χ1n) is 12.9. The van der Waals surface area contributed by atoms with Gasteiger partial charge in [0.1, 0.15) is 18.1 Å². The Hall–Kier alpha value is -5.07. The summed E-state index contributed by atoms with van der Waals surface area (Å²) in [5.74, 6) is 0.226. The number of nitrogens with one attached hydrogen (secondary N) is 1. The van der Waals surface area contributed by atoms with Crippen LogP contribution in [0.3, 0.4) is 0 Å². The fourth-order valence-corrected chi connectivity index (χ4v) is 3.95. The molecule has 0 unspecified atom stereocenters. The number of primary amides is 1. The monoisotopic (exact) mass is 583 g/mol. The number of guanidine groups is 1. The molecule has 0 spiro atoms. The van der Waals surface area contributed by atoms with Gasteiger partial charge in [-0.3, -0.25) is 14.6 Å². The maximum absolute atomic E-state index is 12.9. The highest BCUT2D eigenvalue weighted by Gasteiger charge is 2.30. The first-order chi connectivity index (χ1) is 19.9. The Morgan fingerprint density at radius 2 is 1.76 bits per heavy atom. The van der Waals surface area contributed by atoms with Crippen LogP contribution in [0, 0.1) is 0 Å². The summed E-state index contributed by atoms with van der Waals surface area (Å²) >= 11 is 0. The quantitative estimate of drug-likeness (QED) is 0.173. The fourth-order valence-electron chi connectivity index (χ4n) is 3.95. The van der Waals surface area contributed by atoms with Crippen LogP contribution < -0.4 is 27.3 Å². The van der Waals surface area contributed by atoms with Gasteiger partial charge < -0.3 is 31.8 Å². The highest BCUT2D eigenvalue weighted by molar-refractivity contribution is 5.98. The fraction of sp³-hybridized carbons (Fsp3) is 0.241. The third kappa shape index (κ3) is 8.46. The number of halogens is 3. The number of rotatable bonds is 9. The molecule has 0 saturated heterocycles.